The zero-order valence-electron chi connectivity index (χ0n) is 21.2. The van der Waals surface area contributed by atoms with Gasteiger partial charge in [-0.15, -0.1) is 0 Å². The summed E-state index contributed by atoms with van der Waals surface area (Å²) < 4.78 is 4.64. The molecule has 9 aromatic rings. The zero-order valence-corrected chi connectivity index (χ0v) is 21.2. The first kappa shape index (κ1) is 21.1. The fraction of sp³-hybridized carbons (Fsp3) is 0. The summed E-state index contributed by atoms with van der Waals surface area (Å²) in [4.78, 5) is 0. The summed E-state index contributed by atoms with van der Waals surface area (Å²) in [6.07, 6.45) is 0. The Morgan fingerprint density at radius 2 is 1.10 bits per heavy atom. The first-order valence-corrected chi connectivity index (χ1v) is 13.2. The molecule has 3 aromatic heterocycles. The normalized spacial score (nSPS) is 11.9. The second-order valence-corrected chi connectivity index (χ2v) is 10.5. The van der Waals surface area contributed by atoms with Crippen molar-refractivity contribution in [1.82, 2.24) is 8.97 Å². The SMILES string of the molecule is N#Cc1ccc2c3cc4c5cc6ccccc6cc5n(-c5ccccc5)c4c4c5ccc(C#N)cc5n(c2c1)c34. The minimum Gasteiger partial charge on any atom is -0.309 e. The molecule has 0 spiro atoms. The highest BCUT2D eigenvalue weighted by atomic mass is 15.0. The van der Waals surface area contributed by atoms with Crippen LogP contribution in [0.3, 0.4) is 0 Å². The maximum absolute atomic E-state index is 9.77. The second kappa shape index (κ2) is 7.38. The number of fused-ring (bicyclic) bond motifs is 11. The molecule has 0 fully saturated rings. The Bertz CT molecular complexity index is 2600. The van der Waals surface area contributed by atoms with Gasteiger partial charge in [-0.1, -0.05) is 54.6 Å². The quantitative estimate of drug-likeness (QED) is 0.223. The summed E-state index contributed by atoms with van der Waals surface area (Å²) in [5.74, 6) is 0. The number of nitrogens with zero attached hydrogens (tertiary/aromatic N) is 4. The van der Waals surface area contributed by atoms with Gasteiger partial charge in [0, 0.05) is 38.0 Å². The minimum absolute atomic E-state index is 0.615. The van der Waals surface area contributed by atoms with Gasteiger partial charge < -0.3 is 8.97 Å². The maximum Gasteiger partial charge on any atom is 0.0992 e. The lowest BCUT2D eigenvalue weighted by Crippen LogP contribution is -1.93. The van der Waals surface area contributed by atoms with Gasteiger partial charge in [-0.25, -0.2) is 0 Å². The van der Waals surface area contributed by atoms with Crippen molar-refractivity contribution in [3.8, 4) is 17.8 Å². The number of hydrogen-bond donors (Lipinski definition) is 0. The molecule has 0 amide bonds. The summed E-state index contributed by atoms with van der Waals surface area (Å²) >= 11 is 0. The summed E-state index contributed by atoms with van der Waals surface area (Å²) in [7, 11) is 0. The Morgan fingerprint density at radius 1 is 0.475 bits per heavy atom. The molecule has 4 heteroatoms. The van der Waals surface area contributed by atoms with Gasteiger partial charge >= 0.3 is 0 Å². The summed E-state index contributed by atoms with van der Waals surface area (Å²) in [5, 5.41) is 28.8. The predicted molar refractivity (Wildman–Crippen MR) is 162 cm³/mol. The molecule has 0 bridgehead atoms. The molecule has 0 aliphatic rings. The molecule has 0 unspecified atom stereocenters. The van der Waals surface area contributed by atoms with Gasteiger partial charge in [0.1, 0.15) is 0 Å². The van der Waals surface area contributed by atoms with Crippen LogP contribution in [-0.2, 0) is 0 Å². The molecule has 182 valence electrons. The Balaban J connectivity index is 1.64. The van der Waals surface area contributed by atoms with Crippen LogP contribution in [-0.4, -0.2) is 8.97 Å². The molecule has 40 heavy (non-hydrogen) atoms. The van der Waals surface area contributed by atoms with Gasteiger partial charge in [-0.3, -0.25) is 0 Å². The highest BCUT2D eigenvalue weighted by Crippen LogP contribution is 2.47. The van der Waals surface area contributed by atoms with E-state index in [-0.39, 0.29) is 0 Å². The smallest absolute Gasteiger partial charge is 0.0992 e. The Kier molecular flexibility index (Phi) is 3.90. The summed E-state index contributed by atoms with van der Waals surface area (Å²) in [6.45, 7) is 0. The molecule has 9 rings (SSSR count). The van der Waals surface area contributed by atoms with E-state index in [0.29, 0.717) is 11.1 Å². The van der Waals surface area contributed by atoms with Crippen LogP contribution in [0.15, 0.2) is 109 Å². The number of hydrogen-bond acceptors (Lipinski definition) is 2. The predicted octanol–water partition coefficient (Wildman–Crippen LogP) is 8.83. The third-order valence-electron chi connectivity index (χ3n) is 8.42. The molecule has 0 atom stereocenters. The molecule has 0 aliphatic heterocycles. The van der Waals surface area contributed by atoms with Crippen molar-refractivity contribution >= 4 is 70.7 Å². The summed E-state index contributed by atoms with van der Waals surface area (Å²) in [5.41, 5.74) is 7.73. The van der Waals surface area contributed by atoms with Crippen molar-refractivity contribution in [3.63, 3.8) is 0 Å². The Morgan fingerprint density at radius 3 is 1.82 bits per heavy atom. The van der Waals surface area contributed by atoms with Crippen molar-refractivity contribution in [1.29, 1.82) is 10.5 Å². The third kappa shape index (κ3) is 2.53. The van der Waals surface area contributed by atoms with Crippen LogP contribution in [0.5, 0.6) is 0 Å². The van der Waals surface area contributed by atoms with E-state index in [1.807, 2.05) is 30.3 Å². The van der Waals surface area contributed by atoms with E-state index in [4.69, 9.17) is 0 Å². The van der Waals surface area contributed by atoms with E-state index in [2.05, 4.69) is 100.0 Å². The van der Waals surface area contributed by atoms with Crippen LogP contribution in [0, 0.1) is 22.7 Å². The van der Waals surface area contributed by atoms with Crippen LogP contribution in [0.2, 0.25) is 0 Å². The minimum atomic E-state index is 0.615. The first-order valence-electron chi connectivity index (χ1n) is 13.2. The number of rotatable bonds is 1. The lowest BCUT2D eigenvalue weighted by molar-refractivity contribution is 1.19. The monoisotopic (exact) mass is 506 g/mol. The Labute approximate surface area is 228 Å². The van der Waals surface area contributed by atoms with Crippen molar-refractivity contribution < 1.29 is 0 Å². The van der Waals surface area contributed by atoms with Crippen molar-refractivity contribution in [2.45, 2.75) is 0 Å². The fourth-order valence-electron chi connectivity index (χ4n) is 6.77. The van der Waals surface area contributed by atoms with Crippen LogP contribution >= 0.6 is 0 Å². The first-order chi connectivity index (χ1) is 19.7. The second-order valence-electron chi connectivity index (χ2n) is 10.5. The topological polar surface area (TPSA) is 56.9 Å². The van der Waals surface area contributed by atoms with Gasteiger partial charge in [0.15, 0.2) is 0 Å². The van der Waals surface area contributed by atoms with E-state index in [1.54, 1.807) is 0 Å². The van der Waals surface area contributed by atoms with Crippen molar-refractivity contribution in [2.24, 2.45) is 0 Å². The molecule has 3 heterocycles. The van der Waals surface area contributed by atoms with Gasteiger partial charge in [0.05, 0.1) is 50.8 Å². The van der Waals surface area contributed by atoms with E-state index in [1.165, 1.54) is 21.5 Å². The van der Waals surface area contributed by atoms with E-state index in [9.17, 15) is 10.5 Å². The number of nitriles is 2. The van der Waals surface area contributed by atoms with Gasteiger partial charge in [-0.05, 0) is 65.4 Å². The lowest BCUT2D eigenvalue weighted by Gasteiger charge is -2.09. The molecule has 6 aromatic carbocycles. The number of aromatic nitrogens is 2. The molecule has 0 N–H and O–H groups in total. The van der Waals surface area contributed by atoms with E-state index < -0.39 is 0 Å². The van der Waals surface area contributed by atoms with Crippen LogP contribution in [0.4, 0.5) is 0 Å². The van der Waals surface area contributed by atoms with Gasteiger partial charge in [0.25, 0.3) is 0 Å². The molecule has 4 nitrogen and oxygen atoms in total. The lowest BCUT2D eigenvalue weighted by atomic mass is 10.0. The average Bonchev–Trinajstić information content (AvgIpc) is 3.63. The van der Waals surface area contributed by atoms with Gasteiger partial charge in [-0.2, -0.15) is 10.5 Å². The highest BCUT2D eigenvalue weighted by Gasteiger charge is 2.25. The zero-order chi connectivity index (χ0) is 26.5. The third-order valence-corrected chi connectivity index (χ3v) is 8.42. The molecular formula is C36H18N4. The van der Waals surface area contributed by atoms with E-state index in [0.717, 1.165) is 54.8 Å². The molecule has 0 aliphatic carbocycles. The van der Waals surface area contributed by atoms with E-state index >= 15 is 0 Å². The number of benzene rings is 6. The molecule has 0 radical (unpaired) electrons. The fourth-order valence-corrected chi connectivity index (χ4v) is 6.77. The number of para-hydroxylation sites is 1. The van der Waals surface area contributed by atoms with Gasteiger partial charge in [0.2, 0.25) is 0 Å². The average molecular weight is 507 g/mol. The standard InChI is InChI=1S/C36H18N4/c37-19-21-10-12-26-29-18-30-28-16-23-6-4-5-7-24(23)17-33(28)39(25-8-2-1-3-9-25)35(30)34-27-13-11-22(20-38)15-32(27)40(36(29)34)31(26)14-21/h1-18H. The van der Waals surface area contributed by atoms with Crippen molar-refractivity contribution in [3.05, 3.63) is 120 Å². The van der Waals surface area contributed by atoms with Crippen LogP contribution in [0.25, 0.3) is 76.4 Å². The molecule has 0 saturated carbocycles. The van der Waals surface area contributed by atoms with Crippen LogP contribution < -0.4 is 0 Å². The highest BCUT2D eigenvalue weighted by molar-refractivity contribution is 6.34. The largest absolute Gasteiger partial charge is 0.309 e. The molecule has 0 saturated heterocycles. The maximum atomic E-state index is 9.77. The Hall–Kier alpha value is -5.84. The van der Waals surface area contributed by atoms with Crippen molar-refractivity contribution in [2.75, 3.05) is 0 Å². The molecular weight excluding hydrogens is 488 g/mol. The summed E-state index contributed by atoms with van der Waals surface area (Å²) in [6, 6.07) is 42.5. The van der Waals surface area contributed by atoms with Crippen LogP contribution in [0.1, 0.15) is 11.1 Å².